The molecule has 2 N–H and O–H groups in total. The summed E-state index contributed by atoms with van der Waals surface area (Å²) < 4.78 is 1.21. The second kappa shape index (κ2) is 5.80. The number of anilines is 1. The molecular weight excluding hydrogens is 282 g/mol. The molecule has 1 amide bonds. The van der Waals surface area contributed by atoms with Crippen LogP contribution < -0.4 is 16.2 Å². The first-order valence-electron chi connectivity index (χ1n) is 6.42. The van der Waals surface area contributed by atoms with E-state index in [4.69, 9.17) is 17.3 Å². The lowest BCUT2D eigenvalue weighted by Gasteiger charge is -2.38. The van der Waals surface area contributed by atoms with E-state index in [2.05, 4.69) is 5.10 Å². The maximum absolute atomic E-state index is 11.8. The molecule has 7 nitrogen and oxygen atoms in total. The first-order valence-corrected chi connectivity index (χ1v) is 6.79. The minimum atomic E-state index is -0.327. The minimum absolute atomic E-state index is 0.180. The van der Waals surface area contributed by atoms with E-state index in [1.807, 2.05) is 9.80 Å². The van der Waals surface area contributed by atoms with Crippen LogP contribution in [0.3, 0.4) is 0 Å². The number of nitrogens with zero attached hydrogens (tertiary/aromatic N) is 4. The molecule has 2 rings (SSSR count). The highest BCUT2D eigenvalue weighted by Gasteiger charge is 2.25. The quantitative estimate of drug-likeness (QED) is 0.808. The highest BCUT2D eigenvalue weighted by atomic mass is 35.5. The summed E-state index contributed by atoms with van der Waals surface area (Å²) >= 11 is 6.08. The Labute approximate surface area is 121 Å². The smallest absolute Gasteiger partial charge is 0.287 e. The number of hydrogen-bond donors (Lipinski definition) is 1. The molecule has 1 atom stereocenters. The lowest BCUT2D eigenvalue weighted by Crippen LogP contribution is -2.53. The number of primary amides is 1. The molecule has 1 aromatic heterocycles. The molecule has 1 saturated heterocycles. The van der Waals surface area contributed by atoms with Gasteiger partial charge in [-0.1, -0.05) is 11.6 Å². The molecule has 1 unspecified atom stereocenters. The zero-order valence-electron chi connectivity index (χ0n) is 11.5. The summed E-state index contributed by atoms with van der Waals surface area (Å²) in [5, 5.41) is 4.17. The molecule has 110 valence electrons. The lowest BCUT2D eigenvalue weighted by atomic mass is 10.2. The maximum Gasteiger partial charge on any atom is 0.287 e. The van der Waals surface area contributed by atoms with Gasteiger partial charge in [0, 0.05) is 33.2 Å². The number of carbonyl (C=O) groups excluding carboxylic acids is 1. The van der Waals surface area contributed by atoms with Crippen molar-refractivity contribution in [1.82, 2.24) is 14.7 Å². The SMILES string of the molecule is CC(C(N)=O)N1CCN(c2cnn(C)c(=O)c2Cl)CC1. The number of aromatic nitrogens is 2. The van der Waals surface area contributed by atoms with Gasteiger partial charge in [0.2, 0.25) is 5.91 Å². The molecule has 0 spiro atoms. The van der Waals surface area contributed by atoms with Crippen LogP contribution in [0.15, 0.2) is 11.0 Å². The van der Waals surface area contributed by atoms with Gasteiger partial charge in [0.05, 0.1) is 17.9 Å². The van der Waals surface area contributed by atoms with Crippen LogP contribution in [0.1, 0.15) is 6.92 Å². The van der Waals surface area contributed by atoms with Crippen LogP contribution in [0, 0.1) is 0 Å². The molecule has 0 radical (unpaired) electrons. The largest absolute Gasteiger partial charge is 0.368 e. The summed E-state index contributed by atoms with van der Waals surface area (Å²) in [5.41, 5.74) is 5.64. The van der Waals surface area contributed by atoms with Gasteiger partial charge in [0.1, 0.15) is 5.02 Å². The molecule has 0 aromatic carbocycles. The van der Waals surface area contributed by atoms with Crippen LogP contribution in [0.25, 0.3) is 0 Å². The van der Waals surface area contributed by atoms with Gasteiger partial charge in [0.25, 0.3) is 5.56 Å². The monoisotopic (exact) mass is 299 g/mol. The number of amides is 1. The van der Waals surface area contributed by atoms with Crippen molar-refractivity contribution in [3.63, 3.8) is 0 Å². The fraction of sp³-hybridized carbons (Fsp3) is 0.583. The predicted octanol–water partition coefficient (Wildman–Crippen LogP) is -0.570. The molecule has 2 heterocycles. The van der Waals surface area contributed by atoms with Crippen molar-refractivity contribution in [2.45, 2.75) is 13.0 Å². The zero-order valence-corrected chi connectivity index (χ0v) is 12.3. The van der Waals surface area contributed by atoms with Crippen LogP contribution in [0.5, 0.6) is 0 Å². The Balaban J connectivity index is 2.10. The zero-order chi connectivity index (χ0) is 14.9. The van der Waals surface area contributed by atoms with E-state index in [0.717, 1.165) is 0 Å². The summed E-state index contributed by atoms with van der Waals surface area (Å²) in [6.45, 7) is 4.52. The Bertz CT molecular complexity index is 565. The Hall–Kier alpha value is -1.60. The van der Waals surface area contributed by atoms with Crippen molar-refractivity contribution in [1.29, 1.82) is 0 Å². The van der Waals surface area contributed by atoms with Crippen molar-refractivity contribution >= 4 is 23.2 Å². The standard InChI is InChI=1S/C12H18ClN5O2/c1-8(11(14)19)17-3-5-18(6-4-17)9-7-15-16(2)12(20)10(9)13/h7-8H,3-6H2,1-2H3,(H2,14,19). The number of carbonyl (C=O) groups is 1. The number of halogens is 1. The van der Waals surface area contributed by atoms with E-state index < -0.39 is 0 Å². The second-order valence-corrected chi connectivity index (χ2v) is 5.25. The topological polar surface area (TPSA) is 84.5 Å². The van der Waals surface area contributed by atoms with Gasteiger partial charge in [-0.2, -0.15) is 5.10 Å². The number of rotatable bonds is 3. The maximum atomic E-state index is 11.8. The van der Waals surface area contributed by atoms with Crippen molar-refractivity contribution < 1.29 is 4.79 Å². The summed E-state index contributed by atoms with van der Waals surface area (Å²) in [6, 6.07) is -0.283. The van der Waals surface area contributed by atoms with Gasteiger partial charge >= 0.3 is 0 Å². The molecule has 1 aromatic rings. The Morgan fingerprint density at radius 2 is 2.00 bits per heavy atom. The van der Waals surface area contributed by atoms with Crippen LogP contribution in [0.4, 0.5) is 5.69 Å². The Kier molecular flexibility index (Phi) is 4.29. The highest BCUT2D eigenvalue weighted by Crippen LogP contribution is 2.22. The first kappa shape index (κ1) is 14.8. The van der Waals surface area contributed by atoms with E-state index in [0.29, 0.717) is 31.9 Å². The third kappa shape index (κ3) is 2.78. The van der Waals surface area contributed by atoms with Crippen LogP contribution in [-0.2, 0) is 11.8 Å². The van der Waals surface area contributed by atoms with Crippen LogP contribution >= 0.6 is 11.6 Å². The van der Waals surface area contributed by atoms with Crippen molar-refractivity contribution in [2.75, 3.05) is 31.1 Å². The molecule has 0 aliphatic carbocycles. The summed E-state index contributed by atoms with van der Waals surface area (Å²) in [4.78, 5) is 27.0. The van der Waals surface area contributed by atoms with E-state index in [1.54, 1.807) is 20.2 Å². The van der Waals surface area contributed by atoms with Gasteiger partial charge in [-0.3, -0.25) is 14.5 Å². The molecule has 0 saturated carbocycles. The third-order valence-electron chi connectivity index (χ3n) is 3.67. The minimum Gasteiger partial charge on any atom is -0.368 e. The van der Waals surface area contributed by atoms with Gasteiger partial charge in [-0.25, -0.2) is 4.68 Å². The van der Waals surface area contributed by atoms with E-state index in [-0.39, 0.29) is 22.5 Å². The van der Waals surface area contributed by atoms with Crippen LogP contribution in [-0.4, -0.2) is 52.8 Å². The fourth-order valence-corrected chi connectivity index (χ4v) is 2.54. The lowest BCUT2D eigenvalue weighted by molar-refractivity contribution is -0.122. The van der Waals surface area contributed by atoms with Crippen molar-refractivity contribution in [3.8, 4) is 0 Å². The average Bonchev–Trinajstić information content (AvgIpc) is 2.44. The normalized spacial score (nSPS) is 18.1. The van der Waals surface area contributed by atoms with E-state index in [1.165, 1.54) is 4.68 Å². The highest BCUT2D eigenvalue weighted by molar-refractivity contribution is 6.33. The fourth-order valence-electron chi connectivity index (χ4n) is 2.25. The Morgan fingerprint density at radius 1 is 1.40 bits per heavy atom. The molecule has 20 heavy (non-hydrogen) atoms. The molecular formula is C12H18ClN5O2. The number of nitrogens with two attached hydrogens (primary N) is 1. The van der Waals surface area contributed by atoms with Crippen molar-refractivity contribution in [3.05, 3.63) is 21.6 Å². The average molecular weight is 300 g/mol. The van der Waals surface area contributed by atoms with Gasteiger partial charge in [-0.15, -0.1) is 0 Å². The summed E-state index contributed by atoms with van der Waals surface area (Å²) in [6.07, 6.45) is 1.59. The van der Waals surface area contributed by atoms with Gasteiger partial charge in [0.15, 0.2) is 0 Å². The first-order chi connectivity index (χ1) is 9.41. The molecule has 1 aliphatic heterocycles. The molecule has 1 fully saturated rings. The van der Waals surface area contributed by atoms with E-state index in [9.17, 15) is 9.59 Å². The van der Waals surface area contributed by atoms with Crippen LogP contribution in [0.2, 0.25) is 5.02 Å². The third-order valence-corrected chi connectivity index (χ3v) is 4.03. The predicted molar refractivity (Wildman–Crippen MR) is 76.9 cm³/mol. The number of hydrogen-bond acceptors (Lipinski definition) is 5. The molecule has 8 heteroatoms. The van der Waals surface area contributed by atoms with Gasteiger partial charge < -0.3 is 10.6 Å². The summed E-state index contributed by atoms with van der Waals surface area (Å²) in [7, 11) is 1.56. The second-order valence-electron chi connectivity index (χ2n) is 4.87. The van der Waals surface area contributed by atoms with E-state index >= 15 is 0 Å². The number of piperazine rings is 1. The number of aryl methyl sites for hydroxylation is 1. The van der Waals surface area contributed by atoms with Gasteiger partial charge in [-0.05, 0) is 6.92 Å². The molecule has 0 bridgehead atoms. The summed E-state index contributed by atoms with van der Waals surface area (Å²) in [5.74, 6) is -0.327. The molecule has 1 aliphatic rings. The Morgan fingerprint density at radius 3 is 2.55 bits per heavy atom. The van der Waals surface area contributed by atoms with Crippen molar-refractivity contribution in [2.24, 2.45) is 12.8 Å².